The number of rotatable bonds is 3. The summed E-state index contributed by atoms with van der Waals surface area (Å²) in [6, 6.07) is 7.77. The summed E-state index contributed by atoms with van der Waals surface area (Å²) >= 11 is 0. The van der Waals surface area contributed by atoms with Crippen molar-refractivity contribution in [3.8, 4) is 0 Å². The van der Waals surface area contributed by atoms with Crippen LogP contribution >= 0.6 is 0 Å². The van der Waals surface area contributed by atoms with Gasteiger partial charge in [-0.05, 0) is 30.5 Å². The third kappa shape index (κ3) is 2.74. The van der Waals surface area contributed by atoms with Crippen molar-refractivity contribution in [1.29, 1.82) is 0 Å². The predicted octanol–water partition coefficient (Wildman–Crippen LogP) is 2.49. The maximum Gasteiger partial charge on any atom is 0.295 e. The van der Waals surface area contributed by atoms with Crippen molar-refractivity contribution in [3.05, 3.63) is 41.5 Å². The van der Waals surface area contributed by atoms with Gasteiger partial charge in [-0.15, -0.1) is 5.10 Å². The second-order valence-corrected chi connectivity index (χ2v) is 4.48. The van der Waals surface area contributed by atoms with E-state index >= 15 is 0 Å². The van der Waals surface area contributed by atoms with Crippen LogP contribution in [-0.2, 0) is 0 Å². The van der Waals surface area contributed by atoms with Gasteiger partial charge >= 0.3 is 0 Å². The summed E-state index contributed by atoms with van der Waals surface area (Å²) in [6.45, 7) is 6.01. The lowest BCUT2D eigenvalue weighted by atomic mass is 10.0. The third-order valence-corrected chi connectivity index (χ3v) is 2.64. The molecule has 0 unspecified atom stereocenters. The number of hydrogen-bond acceptors (Lipinski definition) is 3. The van der Waals surface area contributed by atoms with E-state index in [1.807, 2.05) is 24.3 Å². The van der Waals surface area contributed by atoms with Gasteiger partial charge in [0.25, 0.3) is 5.91 Å². The van der Waals surface area contributed by atoms with E-state index in [1.54, 1.807) is 6.92 Å². The van der Waals surface area contributed by atoms with Gasteiger partial charge in [0, 0.05) is 5.69 Å². The first-order valence-electron chi connectivity index (χ1n) is 5.86. The van der Waals surface area contributed by atoms with Gasteiger partial charge in [-0.25, -0.2) is 4.98 Å². The fourth-order valence-electron chi connectivity index (χ4n) is 1.58. The number of nitrogens with zero attached hydrogens (tertiary/aromatic N) is 2. The van der Waals surface area contributed by atoms with Gasteiger partial charge in [-0.2, -0.15) is 0 Å². The molecule has 1 aromatic heterocycles. The third-order valence-electron chi connectivity index (χ3n) is 2.64. The fourth-order valence-corrected chi connectivity index (χ4v) is 1.58. The molecule has 2 rings (SSSR count). The van der Waals surface area contributed by atoms with Gasteiger partial charge in [0.2, 0.25) is 5.82 Å². The van der Waals surface area contributed by atoms with Gasteiger partial charge in [0.1, 0.15) is 5.82 Å². The minimum atomic E-state index is -0.309. The molecular formula is C13H16N4O. The number of H-pyrrole nitrogens is 1. The van der Waals surface area contributed by atoms with Crippen LogP contribution in [0, 0.1) is 6.92 Å². The van der Waals surface area contributed by atoms with Crippen molar-refractivity contribution in [1.82, 2.24) is 15.2 Å². The average molecular weight is 244 g/mol. The quantitative estimate of drug-likeness (QED) is 0.871. The zero-order chi connectivity index (χ0) is 13.1. The molecule has 0 fully saturated rings. The number of anilines is 1. The second kappa shape index (κ2) is 5.00. The van der Waals surface area contributed by atoms with Crippen LogP contribution in [0.15, 0.2) is 24.3 Å². The Morgan fingerprint density at radius 2 is 1.94 bits per heavy atom. The fraction of sp³-hybridized carbons (Fsp3) is 0.308. The molecule has 0 atom stereocenters. The van der Waals surface area contributed by atoms with Crippen molar-refractivity contribution in [2.24, 2.45) is 0 Å². The Hall–Kier alpha value is -2.17. The van der Waals surface area contributed by atoms with Crippen molar-refractivity contribution in [2.45, 2.75) is 26.7 Å². The molecule has 94 valence electrons. The molecular weight excluding hydrogens is 228 g/mol. The molecule has 0 spiro atoms. The Kier molecular flexibility index (Phi) is 3.41. The first-order valence-corrected chi connectivity index (χ1v) is 5.86. The normalized spacial score (nSPS) is 10.7. The molecule has 0 aliphatic rings. The number of aromatic nitrogens is 3. The first kappa shape index (κ1) is 12.3. The summed E-state index contributed by atoms with van der Waals surface area (Å²) in [6.07, 6.45) is 0. The van der Waals surface area contributed by atoms with Crippen LogP contribution in [0.5, 0.6) is 0 Å². The second-order valence-electron chi connectivity index (χ2n) is 4.48. The van der Waals surface area contributed by atoms with Crippen molar-refractivity contribution >= 4 is 11.6 Å². The van der Waals surface area contributed by atoms with E-state index in [0.29, 0.717) is 11.7 Å². The highest BCUT2D eigenvalue weighted by molar-refractivity contribution is 6.01. The van der Waals surface area contributed by atoms with Gasteiger partial charge in [-0.1, -0.05) is 26.0 Å². The summed E-state index contributed by atoms with van der Waals surface area (Å²) < 4.78 is 0. The molecule has 0 aliphatic carbocycles. The molecule has 18 heavy (non-hydrogen) atoms. The van der Waals surface area contributed by atoms with Crippen LogP contribution in [0.1, 0.15) is 41.8 Å². The van der Waals surface area contributed by atoms with Crippen LogP contribution in [0.4, 0.5) is 5.69 Å². The summed E-state index contributed by atoms with van der Waals surface area (Å²) in [5.41, 5.74) is 1.98. The zero-order valence-electron chi connectivity index (χ0n) is 10.7. The van der Waals surface area contributed by atoms with E-state index in [1.165, 1.54) is 5.56 Å². The Labute approximate surface area is 106 Å². The molecule has 5 heteroatoms. The van der Waals surface area contributed by atoms with E-state index in [0.717, 1.165) is 5.69 Å². The predicted molar refractivity (Wildman–Crippen MR) is 69.6 cm³/mol. The minimum Gasteiger partial charge on any atom is -0.319 e. The van der Waals surface area contributed by atoms with E-state index < -0.39 is 0 Å². The zero-order valence-corrected chi connectivity index (χ0v) is 10.7. The Morgan fingerprint density at radius 1 is 1.28 bits per heavy atom. The molecule has 5 nitrogen and oxygen atoms in total. The number of aryl methyl sites for hydroxylation is 1. The highest BCUT2D eigenvalue weighted by Gasteiger charge is 2.11. The number of benzene rings is 1. The molecule has 1 amide bonds. The first-order chi connectivity index (χ1) is 8.56. The van der Waals surface area contributed by atoms with Crippen molar-refractivity contribution < 1.29 is 4.79 Å². The molecule has 1 heterocycles. The van der Waals surface area contributed by atoms with Crippen LogP contribution in [0.25, 0.3) is 0 Å². The molecule has 2 aromatic rings. The average Bonchev–Trinajstić information content (AvgIpc) is 2.76. The number of hydrogen-bond donors (Lipinski definition) is 2. The van der Waals surface area contributed by atoms with Gasteiger partial charge in [-0.3, -0.25) is 9.89 Å². The van der Waals surface area contributed by atoms with Crippen LogP contribution in [0.3, 0.4) is 0 Å². The highest BCUT2D eigenvalue weighted by atomic mass is 16.2. The maximum absolute atomic E-state index is 11.8. The SMILES string of the molecule is Cc1nc(C(=O)Nc2ccc(C(C)C)cc2)n[nH]1. The smallest absolute Gasteiger partial charge is 0.295 e. The largest absolute Gasteiger partial charge is 0.319 e. The maximum atomic E-state index is 11.8. The van der Waals surface area contributed by atoms with E-state index in [4.69, 9.17) is 0 Å². The van der Waals surface area contributed by atoms with Gasteiger partial charge in [0.05, 0.1) is 0 Å². The highest BCUT2D eigenvalue weighted by Crippen LogP contribution is 2.17. The Balaban J connectivity index is 2.07. The number of carbonyl (C=O) groups excluding carboxylic acids is 1. The molecule has 0 aliphatic heterocycles. The molecule has 2 N–H and O–H groups in total. The molecule has 0 bridgehead atoms. The van der Waals surface area contributed by atoms with Crippen LogP contribution in [-0.4, -0.2) is 21.1 Å². The summed E-state index contributed by atoms with van der Waals surface area (Å²) in [7, 11) is 0. The molecule has 0 saturated heterocycles. The number of carbonyl (C=O) groups is 1. The van der Waals surface area contributed by atoms with Gasteiger partial charge in [0.15, 0.2) is 0 Å². The monoisotopic (exact) mass is 244 g/mol. The number of aromatic amines is 1. The summed E-state index contributed by atoms with van der Waals surface area (Å²) in [5, 5.41) is 9.20. The lowest BCUT2D eigenvalue weighted by Crippen LogP contribution is -2.13. The minimum absolute atomic E-state index is 0.153. The van der Waals surface area contributed by atoms with Crippen molar-refractivity contribution in [2.75, 3.05) is 5.32 Å². The molecule has 0 saturated carbocycles. The lowest BCUT2D eigenvalue weighted by Gasteiger charge is -2.07. The summed E-state index contributed by atoms with van der Waals surface area (Å²) in [5.74, 6) is 0.942. The van der Waals surface area contributed by atoms with E-state index in [-0.39, 0.29) is 11.7 Å². The standard InChI is InChI=1S/C13H16N4O/c1-8(2)10-4-6-11(7-5-10)15-13(18)12-14-9(3)16-17-12/h4-8H,1-3H3,(H,15,18)(H,14,16,17). The van der Waals surface area contributed by atoms with Crippen molar-refractivity contribution in [3.63, 3.8) is 0 Å². The van der Waals surface area contributed by atoms with Gasteiger partial charge < -0.3 is 5.32 Å². The molecule has 1 aromatic carbocycles. The van der Waals surface area contributed by atoms with E-state index in [9.17, 15) is 4.79 Å². The Bertz CT molecular complexity index is 542. The topological polar surface area (TPSA) is 70.7 Å². The van der Waals surface area contributed by atoms with Crippen LogP contribution < -0.4 is 5.32 Å². The molecule has 0 radical (unpaired) electrons. The lowest BCUT2D eigenvalue weighted by molar-refractivity contribution is 0.101. The number of amides is 1. The van der Waals surface area contributed by atoms with Crippen LogP contribution in [0.2, 0.25) is 0 Å². The Morgan fingerprint density at radius 3 is 2.44 bits per heavy atom. The number of nitrogens with one attached hydrogen (secondary N) is 2. The summed E-state index contributed by atoms with van der Waals surface area (Å²) in [4.78, 5) is 15.8. The van der Waals surface area contributed by atoms with E-state index in [2.05, 4.69) is 34.3 Å².